The molecule has 1 fully saturated rings. The van der Waals surface area contributed by atoms with Gasteiger partial charge in [0.15, 0.2) is 11.6 Å². The Morgan fingerprint density at radius 3 is 2.61 bits per heavy atom. The number of pyridine rings is 1. The van der Waals surface area contributed by atoms with Crippen molar-refractivity contribution in [1.29, 1.82) is 0 Å². The smallest absolute Gasteiger partial charge is 0.242 e. The molecule has 3 N–H and O–H groups in total. The molecule has 3 aromatic carbocycles. The number of carbonyl (C=O) groups excluding carboxylic acids is 1. The van der Waals surface area contributed by atoms with Gasteiger partial charge in [-0.25, -0.2) is 14.4 Å². The fraction of sp³-hybridized carbons (Fsp3) is 0.286. The molecule has 9 heteroatoms. The first-order chi connectivity index (χ1) is 21.4. The van der Waals surface area contributed by atoms with Crippen LogP contribution in [0.2, 0.25) is 0 Å². The number of carbonyl (C=O) groups is 1. The van der Waals surface area contributed by atoms with Crippen molar-refractivity contribution in [3.8, 4) is 17.0 Å². The predicted octanol–water partition coefficient (Wildman–Crippen LogP) is 6.60. The van der Waals surface area contributed by atoms with Gasteiger partial charge in [0.25, 0.3) is 0 Å². The van der Waals surface area contributed by atoms with E-state index in [2.05, 4.69) is 10.3 Å². The van der Waals surface area contributed by atoms with Gasteiger partial charge in [-0.2, -0.15) is 0 Å². The van der Waals surface area contributed by atoms with Crippen LogP contribution in [0, 0.1) is 5.82 Å². The van der Waals surface area contributed by atoms with Gasteiger partial charge in [-0.1, -0.05) is 43.3 Å². The number of hydrogen-bond acceptors (Lipinski definition) is 6. The first-order valence-electron chi connectivity index (χ1n) is 15.2. The van der Waals surface area contributed by atoms with Crippen molar-refractivity contribution in [2.45, 2.75) is 45.7 Å². The molecule has 2 aromatic heterocycles. The van der Waals surface area contributed by atoms with Crippen LogP contribution in [0.3, 0.4) is 0 Å². The second-order valence-corrected chi connectivity index (χ2v) is 11.1. The number of likely N-dealkylation sites (tertiary alicyclic amines) is 1. The molecule has 5 aromatic rings. The zero-order valence-corrected chi connectivity index (χ0v) is 25.1. The summed E-state index contributed by atoms with van der Waals surface area (Å²) in [6.07, 6.45) is 6.25. The van der Waals surface area contributed by atoms with E-state index in [4.69, 9.17) is 15.5 Å². The van der Waals surface area contributed by atoms with Gasteiger partial charge < -0.3 is 25.3 Å². The molecule has 1 aliphatic rings. The van der Waals surface area contributed by atoms with E-state index in [1.807, 2.05) is 90.2 Å². The number of anilines is 2. The lowest BCUT2D eigenvalue weighted by atomic mass is 9.99. The lowest BCUT2D eigenvalue weighted by Crippen LogP contribution is -2.32. The third-order valence-electron chi connectivity index (χ3n) is 8.15. The maximum atomic E-state index is 16.4. The highest BCUT2D eigenvalue weighted by Gasteiger charge is 2.29. The summed E-state index contributed by atoms with van der Waals surface area (Å²) in [5.74, 6) is 0.724. The van der Waals surface area contributed by atoms with E-state index in [1.165, 1.54) is 0 Å². The van der Waals surface area contributed by atoms with Gasteiger partial charge in [0.1, 0.15) is 24.2 Å². The summed E-state index contributed by atoms with van der Waals surface area (Å²) in [6.45, 7) is 5.79. The zero-order valence-electron chi connectivity index (χ0n) is 25.1. The van der Waals surface area contributed by atoms with Crippen molar-refractivity contribution in [3.05, 3.63) is 102 Å². The highest BCUT2D eigenvalue weighted by molar-refractivity contribution is 5.93. The lowest BCUT2D eigenvalue weighted by Gasteiger charge is -2.24. The van der Waals surface area contributed by atoms with Crippen LogP contribution in [-0.2, 0) is 17.8 Å². The van der Waals surface area contributed by atoms with E-state index in [9.17, 15) is 4.79 Å². The van der Waals surface area contributed by atoms with Crippen LogP contribution >= 0.6 is 0 Å². The molecule has 1 amide bonds. The summed E-state index contributed by atoms with van der Waals surface area (Å²) in [6, 6.07) is 20.3. The maximum Gasteiger partial charge on any atom is 0.242 e. The van der Waals surface area contributed by atoms with E-state index in [0.29, 0.717) is 35.9 Å². The average Bonchev–Trinajstić information content (AvgIpc) is 3.73. The van der Waals surface area contributed by atoms with Crippen molar-refractivity contribution in [3.63, 3.8) is 0 Å². The van der Waals surface area contributed by atoms with Gasteiger partial charge in [-0.15, -0.1) is 0 Å². The number of rotatable bonds is 10. The number of ether oxygens (including phenoxy) is 1. The molecule has 0 aliphatic carbocycles. The number of nitrogens with one attached hydrogen (secondary N) is 1. The summed E-state index contributed by atoms with van der Waals surface area (Å²) >= 11 is 0. The van der Waals surface area contributed by atoms with Crippen LogP contribution in [0.15, 0.2) is 79.1 Å². The van der Waals surface area contributed by atoms with Gasteiger partial charge in [0, 0.05) is 47.7 Å². The molecule has 8 nitrogen and oxygen atoms in total. The van der Waals surface area contributed by atoms with E-state index < -0.39 is 11.9 Å². The van der Waals surface area contributed by atoms with E-state index >= 15 is 4.39 Å². The Bertz CT molecular complexity index is 1780. The second-order valence-electron chi connectivity index (χ2n) is 11.1. The van der Waals surface area contributed by atoms with Crippen LogP contribution in [0.1, 0.15) is 49.7 Å². The number of nitrogens with zero attached hydrogens (tertiary/aromatic N) is 4. The lowest BCUT2D eigenvalue weighted by molar-refractivity contribution is -0.130. The van der Waals surface area contributed by atoms with Crippen molar-refractivity contribution in [2.24, 2.45) is 0 Å². The summed E-state index contributed by atoms with van der Waals surface area (Å²) in [5, 5.41) is 5.30. The zero-order chi connectivity index (χ0) is 30.6. The molecule has 0 spiro atoms. The molecule has 6 rings (SSSR count). The number of imidazole rings is 1. The molecule has 1 atom stereocenters. The normalized spacial score (nSPS) is 13.8. The molecule has 44 heavy (non-hydrogen) atoms. The van der Waals surface area contributed by atoms with Crippen LogP contribution in [0.25, 0.3) is 22.0 Å². The fourth-order valence-electron chi connectivity index (χ4n) is 5.84. The Labute approximate surface area is 256 Å². The first kappa shape index (κ1) is 29.2. The molecular weight excluding hydrogens is 555 g/mol. The highest BCUT2D eigenvalue weighted by atomic mass is 19.1. The van der Waals surface area contributed by atoms with Crippen molar-refractivity contribution < 1.29 is 13.9 Å². The largest absolute Gasteiger partial charge is 0.491 e. The third kappa shape index (κ3) is 5.95. The van der Waals surface area contributed by atoms with Gasteiger partial charge in [0.2, 0.25) is 5.91 Å². The van der Waals surface area contributed by atoms with Crippen LogP contribution in [0.5, 0.6) is 5.75 Å². The Morgan fingerprint density at radius 1 is 1.07 bits per heavy atom. The van der Waals surface area contributed by atoms with Crippen molar-refractivity contribution in [1.82, 2.24) is 19.4 Å². The Balaban J connectivity index is 1.52. The standard InChI is InChI=1S/C35H37FN6O2/c1-3-23-18-28(32(36)30(19-23)44-4-2)33(39-26-12-13-27-25(20-26)14-15-38-34(27)37)35-40-29(24-10-6-5-7-11-24)21-42(35)22-31(43)41-16-8-9-17-41/h5-7,10-15,18-21,33,39H,3-4,8-9,16-17,22H2,1-2H3,(H2,37,38). The maximum absolute atomic E-state index is 16.4. The van der Waals surface area contributed by atoms with Crippen LogP contribution in [-0.4, -0.2) is 45.0 Å². The number of hydrogen-bond donors (Lipinski definition) is 2. The average molecular weight is 593 g/mol. The molecule has 3 heterocycles. The van der Waals surface area contributed by atoms with E-state index in [-0.39, 0.29) is 18.2 Å². The van der Waals surface area contributed by atoms with Crippen LogP contribution in [0.4, 0.5) is 15.9 Å². The van der Waals surface area contributed by atoms with Crippen LogP contribution < -0.4 is 15.8 Å². The molecule has 0 bridgehead atoms. The number of nitrogen functional groups attached to an aromatic ring is 1. The predicted molar refractivity (Wildman–Crippen MR) is 172 cm³/mol. The number of aromatic nitrogens is 3. The SMILES string of the molecule is CCOc1cc(CC)cc(C(Nc2ccc3c(N)nccc3c2)c2nc(-c3ccccc3)cn2CC(=O)N2CCCC2)c1F. The Kier molecular flexibility index (Phi) is 8.45. The molecule has 1 saturated heterocycles. The quantitative estimate of drug-likeness (QED) is 0.190. The monoisotopic (exact) mass is 592 g/mol. The first-order valence-corrected chi connectivity index (χ1v) is 15.2. The fourth-order valence-corrected chi connectivity index (χ4v) is 5.84. The number of fused-ring (bicyclic) bond motifs is 1. The van der Waals surface area contributed by atoms with E-state index in [1.54, 1.807) is 12.3 Å². The highest BCUT2D eigenvalue weighted by Crippen LogP contribution is 2.36. The minimum absolute atomic E-state index is 0.0194. The summed E-state index contributed by atoms with van der Waals surface area (Å²) in [5.41, 5.74) is 9.80. The van der Waals surface area contributed by atoms with Gasteiger partial charge >= 0.3 is 0 Å². The van der Waals surface area contributed by atoms with Gasteiger partial charge in [0.05, 0.1) is 12.3 Å². The van der Waals surface area contributed by atoms with Crippen molar-refractivity contribution in [2.75, 3.05) is 30.7 Å². The minimum atomic E-state index is -0.749. The Morgan fingerprint density at radius 2 is 1.86 bits per heavy atom. The number of aryl methyl sites for hydroxylation is 1. The molecule has 0 saturated carbocycles. The Hall–Kier alpha value is -4.92. The molecular formula is C35H37FN6O2. The summed E-state index contributed by atoms with van der Waals surface area (Å²) < 4.78 is 24.0. The summed E-state index contributed by atoms with van der Waals surface area (Å²) in [4.78, 5) is 24.6. The number of benzene rings is 3. The van der Waals surface area contributed by atoms with E-state index in [0.717, 1.165) is 53.5 Å². The number of nitrogens with two attached hydrogens (primary N) is 1. The molecule has 0 radical (unpaired) electrons. The van der Waals surface area contributed by atoms with Gasteiger partial charge in [-0.3, -0.25) is 4.79 Å². The minimum Gasteiger partial charge on any atom is -0.491 e. The van der Waals surface area contributed by atoms with Crippen molar-refractivity contribution >= 4 is 28.2 Å². The third-order valence-corrected chi connectivity index (χ3v) is 8.15. The number of halogens is 1. The summed E-state index contributed by atoms with van der Waals surface area (Å²) in [7, 11) is 0. The van der Waals surface area contributed by atoms with Gasteiger partial charge in [-0.05, 0) is 67.5 Å². The molecule has 1 unspecified atom stereocenters. The molecule has 226 valence electrons. The topological polar surface area (TPSA) is 98.3 Å². The second kappa shape index (κ2) is 12.8. The number of amides is 1. The molecule has 1 aliphatic heterocycles.